The van der Waals surface area contributed by atoms with Crippen LogP contribution in [0.15, 0.2) is 184 Å². The van der Waals surface area contributed by atoms with Crippen molar-refractivity contribution >= 4 is 163 Å². The van der Waals surface area contributed by atoms with Gasteiger partial charge in [0.25, 0.3) is 29.5 Å². The number of carboxylic acids is 2. The summed E-state index contributed by atoms with van der Waals surface area (Å²) in [7, 11) is 22.4. The second-order valence-electron chi connectivity index (χ2n) is 34.1. The third-order valence-corrected chi connectivity index (χ3v) is 28.2. The lowest BCUT2D eigenvalue weighted by molar-refractivity contribution is -0.172. The molecule has 4 atom stereocenters. The van der Waals surface area contributed by atoms with E-state index in [1.54, 1.807) is 144 Å². The Balaban J connectivity index is 0.000000171. The topological polar surface area (TPSA) is 397 Å². The zero-order valence-corrected chi connectivity index (χ0v) is 91.9. The highest BCUT2D eigenvalue weighted by atomic mass is 127. The van der Waals surface area contributed by atoms with Crippen LogP contribution in [0.3, 0.4) is 0 Å². The number of nitrogens with zero attached hydrogens (tertiary/aromatic N) is 8. The van der Waals surface area contributed by atoms with Gasteiger partial charge in [0.2, 0.25) is 11.6 Å². The summed E-state index contributed by atoms with van der Waals surface area (Å²) >= 11 is 11.4. The maximum absolute atomic E-state index is 14.3. The van der Waals surface area contributed by atoms with Crippen molar-refractivity contribution in [2.24, 2.45) is 5.41 Å². The number of rotatable bonds is 27. The first kappa shape index (κ1) is 116. The van der Waals surface area contributed by atoms with Gasteiger partial charge in [-0.2, -0.15) is 0 Å². The molecule has 2 unspecified atom stereocenters. The molecule has 12 aromatic rings. The molecule has 43 heteroatoms. The van der Waals surface area contributed by atoms with Crippen LogP contribution in [0, 0.1) is 20.8 Å². The number of halogens is 5. The highest BCUT2D eigenvalue weighted by Crippen LogP contribution is 2.42. The number of hydrogen-bond donors (Lipinski definition) is 2. The number of pyridine rings is 3. The van der Waals surface area contributed by atoms with E-state index in [0.717, 1.165) is 42.8 Å². The minimum absolute atomic E-state index is 0.0492. The minimum atomic E-state index is -0.985. The molecule has 17 rings (SSSR count). The number of likely N-dealkylation sites (N-methyl/N-ethyl adjacent to an activating group) is 1. The first-order chi connectivity index (χ1) is 71.5. The van der Waals surface area contributed by atoms with Crippen LogP contribution in [-0.4, -0.2) is 280 Å². The summed E-state index contributed by atoms with van der Waals surface area (Å²) in [4.78, 5) is 136. The monoisotopic (exact) mass is 2330 g/mol. The summed E-state index contributed by atoms with van der Waals surface area (Å²) in [6.45, 7) is 7.51. The predicted octanol–water partition coefficient (Wildman–Crippen LogP) is 18.4. The highest BCUT2D eigenvalue weighted by molar-refractivity contribution is 14.1. The quantitative estimate of drug-likeness (QED) is 0.0159. The van der Waals surface area contributed by atoms with Crippen LogP contribution in [0.5, 0.6) is 74.7 Å². The molecule has 5 saturated heterocycles. The number of Topliss-reactive ketones (excluding diaryl/α,β-unsaturated/α-hetero) is 2. The number of aromatic carboxylic acids is 1. The van der Waals surface area contributed by atoms with Crippen molar-refractivity contribution < 1.29 is 138 Å². The third kappa shape index (κ3) is 28.3. The summed E-state index contributed by atoms with van der Waals surface area (Å²) < 4.78 is 110. The lowest BCUT2D eigenvalue weighted by atomic mass is 9.76. The number of thiophene rings is 2. The lowest BCUT2D eigenvalue weighted by Crippen LogP contribution is -2.47. The van der Waals surface area contributed by atoms with Gasteiger partial charge < -0.3 is 101 Å². The first-order valence-corrected chi connectivity index (χ1v) is 50.9. The molecule has 7 aromatic carbocycles. The Hall–Kier alpha value is -13.6. The van der Waals surface area contributed by atoms with E-state index in [4.69, 9.17) is 85.9 Å². The molecule has 0 saturated carbocycles. The van der Waals surface area contributed by atoms with Gasteiger partial charge in [0.15, 0.2) is 69.0 Å². The van der Waals surface area contributed by atoms with Crippen LogP contribution in [0.1, 0.15) is 138 Å². The number of carboxylic acid groups (broad SMARTS) is 2. The summed E-state index contributed by atoms with van der Waals surface area (Å²) in [6.07, 6.45) is 5.21. The summed E-state index contributed by atoms with van der Waals surface area (Å²) in [5, 5.41) is 24.3. The van der Waals surface area contributed by atoms with Gasteiger partial charge in [0, 0.05) is 95.9 Å². The molecule has 5 amide bonds. The van der Waals surface area contributed by atoms with Crippen LogP contribution < -0.4 is 67.0 Å². The molecular formula is C106H114BBr2F2IN8O27S2. The number of hydroxylamine groups is 2. The van der Waals surface area contributed by atoms with Crippen molar-refractivity contribution in [2.75, 3.05) is 146 Å². The molecular weight excluding hydrogens is 2220 g/mol. The standard InChI is InChI=1S/C28H25FN2O5S.C20H21BrN2O5.C16H22N2O5.C14H17NO5.C13H14BFO2S.C9H10O4.C6H5BrINO/c1-34-22-11-9-16(14-24(22)36-3)28(33)31-13-5-8-21(31)26(32)20-10-12-23(35-2)25(30-20)18-15-37-27-17(18)6-4-7-19(27)29;1-26-15-8-6-12(11-17(15)28-3)20(25)23-10-4-5-14(23)18(24)13-7-9-16(27-2)19(21)22-13;1-17(23-4)16(20)12-6-5-9-18(12)15(19)11-7-8-13(21-2)14(10-11)22-3;1-19-11-6-5-9(8-12(11)20-2)13(16)15-7-3-4-10(15)14(17)18;1-13(2)7-16-14(17-8-13)10-6-18-12-9(10)4-3-5-11(12)15;1-12-7-4-3-6(9(10)11)5-8(7)13-2;1-10-4-2-3-5(8)9-6(4)7/h4,6-7,9-12,14-15,21H,5,8,13H2,1-3H3;6-9,11,14H,4-5,10H2,1-3H3;7-8,10,12H,5-6,9H2,1-4H3;5-6,8,10H,3-4,7H2,1-2H3,(H,17,18);3-6H,7-8H2,1-2H3;3-5H,1-2H3,(H,10,11);2-3H,1H3/t;;12-;10-;;;/m..11.../s1. The maximum Gasteiger partial charge on any atom is 0.495 e. The number of aliphatic carboxylic acids is 1. The Morgan fingerprint density at radius 3 is 1.12 bits per heavy atom. The van der Waals surface area contributed by atoms with Crippen molar-refractivity contribution in [2.45, 2.75) is 89.4 Å². The van der Waals surface area contributed by atoms with Gasteiger partial charge in [-0.05, 0) is 256 Å². The van der Waals surface area contributed by atoms with E-state index < -0.39 is 36.1 Å². The predicted molar refractivity (Wildman–Crippen MR) is 571 cm³/mol. The van der Waals surface area contributed by atoms with Gasteiger partial charge in [-0.15, -0.1) is 22.7 Å². The van der Waals surface area contributed by atoms with E-state index in [1.807, 2.05) is 35.0 Å². The van der Waals surface area contributed by atoms with E-state index in [9.17, 15) is 51.9 Å². The second kappa shape index (κ2) is 54.6. The highest BCUT2D eigenvalue weighted by Gasteiger charge is 2.42. The molecule has 10 heterocycles. The number of ether oxygens (including phenoxy) is 13. The zero-order valence-electron chi connectivity index (χ0n) is 84.9. The molecule has 5 fully saturated rings. The van der Waals surface area contributed by atoms with Crippen LogP contribution >= 0.6 is 77.1 Å². The van der Waals surface area contributed by atoms with Crippen molar-refractivity contribution in [3.63, 3.8) is 0 Å². The molecule has 5 aliphatic heterocycles. The smallest absolute Gasteiger partial charge is 0.494 e. The normalized spacial score (nSPS) is 15.6. The van der Waals surface area contributed by atoms with Crippen LogP contribution in [0.2, 0.25) is 0 Å². The fraction of sp³-hybridized carbons (Fsp3) is 0.340. The molecule has 5 aliphatic rings. The zero-order chi connectivity index (χ0) is 108. The van der Waals surface area contributed by atoms with E-state index in [0.29, 0.717) is 206 Å². The lowest BCUT2D eigenvalue weighted by Gasteiger charge is -2.32. The van der Waals surface area contributed by atoms with Crippen molar-refractivity contribution in [3.05, 3.63) is 238 Å². The number of hydrogen-bond acceptors (Lipinski definition) is 30. The molecule has 35 nitrogen and oxygen atoms in total. The fourth-order valence-corrected chi connectivity index (χ4v) is 20.4. The summed E-state index contributed by atoms with van der Waals surface area (Å²) in [6, 6.07) is 42.1. The summed E-state index contributed by atoms with van der Waals surface area (Å²) in [5.41, 5.74) is 4.55. The van der Waals surface area contributed by atoms with Crippen molar-refractivity contribution in [3.8, 4) is 86.0 Å². The second-order valence-corrected chi connectivity index (χ2v) is 38.5. The molecule has 149 heavy (non-hydrogen) atoms. The number of methoxy groups -OCH3 is 13. The van der Waals surface area contributed by atoms with Crippen LogP contribution in [-0.2, 0) is 23.7 Å². The Bertz CT molecular complexity index is 6780. The van der Waals surface area contributed by atoms with E-state index in [1.165, 1.54) is 144 Å². The number of aromatic nitrogens is 3. The van der Waals surface area contributed by atoms with Crippen LogP contribution in [0.25, 0.3) is 31.4 Å². The largest absolute Gasteiger partial charge is 0.495 e. The first-order valence-electron chi connectivity index (χ1n) is 46.4. The Labute approximate surface area is 899 Å². The van der Waals surface area contributed by atoms with Gasteiger partial charge >= 0.3 is 19.1 Å². The molecule has 0 bridgehead atoms. The molecule has 0 spiro atoms. The van der Waals surface area contributed by atoms with E-state index in [2.05, 4.69) is 83.3 Å². The Morgan fingerprint density at radius 2 is 0.738 bits per heavy atom. The Morgan fingerprint density at radius 1 is 0.409 bits per heavy atom. The number of carbonyl (C=O) groups is 9. The molecule has 5 aromatic heterocycles. The van der Waals surface area contributed by atoms with Gasteiger partial charge in [-0.3, -0.25) is 38.4 Å². The average Bonchev–Trinajstić information content (AvgIpc) is 1.66. The van der Waals surface area contributed by atoms with Crippen molar-refractivity contribution in [1.29, 1.82) is 0 Å². The third-order valence-electron chi connectivity index (χ3n) is 24.5. The molecule has 0 aliphatic carbocycles. The van der Waals surface area contributed by atoms with Gasteiger partial charge in [-0.1, -0.05) is 38.1 Å². The van der Waals surface area contributed by atoms with E-state index >= 15 is 0 Å². The molecule has 790 valence electrons. The van der Waals surface area contributed by atoms with Crippen molar-refractivity contribution in [1.82, 2.24) is 39.6 Å². The van der Waals surface area contributed by atoms with Gasteiger partial charge in [0.1, 0.15) is 59.5 Å². The van der Waals surface area contributed by atoms with Gasteiger partial charge in [-0.25, -0.2) is 38.4 Å². The SMILES string of the molecule is CC1(C)COB(c2csc3c(F)cccc23)OC1.COc1ccc(C(=O)N2CCCC2C(=O)c2ccc(OC)c(-c3csc4c(F)cccc34)n2)cc1OC.COc1ccc(C(=O)N2CCCC2C(=O)c2ccc(OC)c(Br)n2)cc1OC.COc1ccc(C(=O)N2CCC[C@@H]2C(=O)N(C)OC)cc1OC.COc1ccc(C(=O)N2CCC[C@@H]2C(=O)O)cc1OC.COc1ccc(C(=O)O)cc1OC.COc1ccc(I)nc1Br. The minimum Gasteiger partial charge on any atom is -0.494 e. The summed E-state index contributed by atoms with van der Waals surface area (Å²) in [5.74, 6) is 2.63. The van der Waals surface area contributed by atoms with E-state index in [-0.39, 0.29) is 76.5 Å². The average molecular weight is 2330 g/mol. The van der Waals surface area contributed by atoms with Gasteiger partial charge in [0.05, 0.1) is 127 Å². The number of fused-ring (bicyclic) bond motifs is 2. The number of benzene rings is 7. The molecule has 2 N–H and O–H groups in total. The number of ketones is 2. The maximum atomic E-state index is 14.3. The Kier molecular flexibility index (Phi) is 42.4. The number of likely N-dealkylation sites (tertiary alicyclic amines) is 4. The fourth-order valence-electron chi connectivity index (χ4n) is 16.8. The number of amides is 5. The number of carbonyl (C=O) groups excluding carboxylic acids is 7. The van der Waals surface area contributed by atoms with Crippen LogP contribution in [0.4, 0.5) is 8.78 Å². The molecule has 0 radical (unpaired) electrons.